The van der Waals surface area contributed by atoms with Crippen LogP contribution in [0.15, 0.2) is 72.9 Å². The van der Waals surface area contributed by atoms with Crippen molar-refractivity contribution in [3.05, 3.63) is 72.9 Å². The van der Waals surface area contributed by atoms with Gasteiger partial charge in [0.1, 0.15) is 12.6 Å². The number of rotatable bonds is 21. The molecule has 1 amide bonds. The third kappa shape index (κ3) is 12.7. The molecular weight excluding hydrogens is 671 g/mol. The third-order valence-corrected chi connectivity index (χ3v) is 14.1. The van der Waals surface area contributed by atoms with Crippen LogP contribution in [0.1, 0.15) is 150 Å². The Morgan fingerprint density at radius 1 is 0.722 bits per heavy atom. The summed E-state index contributed by atoms with van der Waals surface area (Å²) in [6.07, 6.45) is 45.7. The summed E-state index contributed by atoms with van der Waals surface area (Å²) in [7, 11) is 0. The van der Waals surface area contributed by atoms with Gasteiger partial charge in [-0.15, -0.1) is 0 Å². The number of carboxylic acids is 1. The molecule has 0 radical (unpaired) electrons. The standard InChI is InChI=1S/C48H73NO5/c1-5-6-7-8-9-10-11-12-13-14-15-16-17-18-19-20-21-22-23-24-46(53)54-39-31-33-47(3)38(35-39)26-27-40-42-29-28-41(48(42,4)34-32-43(40)47)37(2)25-30-44(50)49-36-45(51)52/h6-7,9-10,12-13,15-16,18-19,21-22,37-43H,5,8,11,14,17,20,23-36H2,1-4H3,(H,49,50)(H,51,52)/b7-6-,10-9-,13-12-,16-15-,19-18-,22-21-. The summed E-state index contributed by atoms with van der Waals surface area (Å²) in [6.45, 7) is 9.30. The van der Waals surface area contributed by atoms with Gasteiger partial charge in [0, 0.05) is 12.8 Å². The van der Waals surface area contributed by atoms with Crippen molar-refractivity contribution < 1.29 is 24.2 Å². The Balaban J connectivity index is 1.10. The highest BCUT2D eigenvalue weighted by Crippen LogP contribution is 2.68. The highest BCUT2D eigenvalue weighted by molar-refractivity contribution is 5.81. The van der Waals surface area contributed by atoms with Crippen LogP contribution >= 0.6 is 0 Å². The Morgan fingerprint density at radius 3 is 1.91 bits per heavy atom. The number of carbonyl (C=O) groups excluding carboxylic acids is 2. The van der Waals surface area contributed by atoms with Crippen LogP contribution in [0.3, 0.4) is 0 Å². The number of aliphatic carboxylic acids is 1. The van der Waals surface area contributed by atoms with E-state index in [0.717, 1.165) is 82.0 Å². The van der Waals surface area contributed by atoms with Gasteiger partial charge in [-0.3, -0.25) is 14.4 Å². The number of hydrogen-bond acceptors (Lipinski definition) is 4. The second-order valence-electron chi connectivity index (χ2n) is 17.4. The number of fused-ring (bicyclic) bond motifs is 5. The van der Waals surface area contributed by atoms with Crippen molar-refractivity contribution in [2.24, 2.45) is 46.3 Å². The Labute approximate surface area is 328 Å². The van der Waals surface area contributed by atoms with E-state index in [4.69, 9.17) is 9.84 Å². The molecule has 9 atom stereocenters. The lowest BCUT2D eigenvalue weighted by Gasteiger charge is -2.61. The Bertz CT molecular complexity index is 1370. The van der Waals surface area contributed by atoms with Crippen molar-refractivity contribution in [2.75, 3.05) is 6.54 Å². The topological polar surface area (TPSA) is 92.7 Å². The molecule has 0 aliphatic heterocycles. The summed E-state index contributed by atoms with van der Waals surface area (Å²) in [6, 6.07) is 0. The molecule has 9 unspecified atom stereocenters. The van der Waals surface area contributed by atoms with E-state index in [2.05, 4.69) is 106 Å². The maximum Gasteiger partial charge on any atom is 0.322 e. The number of carboxylic acid groups (broad SMARTS) is 1. The molecule has 54 heavy (non-hydrogen) atoms. The molecule has 2 N–H and O–H groups in total. The van der Waals surface area contributed by atoms with E-state index >= 15 is 0 Å². The fourth-order valence-corrected chi connectivity index (χ4v) is 11.2. The minimum atomic E-state index is -0.995. The van der Waals surface area contributed by atoms with Crippen molar-refractivity contribution in [3.63, 3.8) is 0 Å². The average Bonchev–Trinajstić information content (AvgIpc) is 3.51. The van der Waals surface area contributed by atoms with Crippen LogP contribution in [-0.4, -0.2) is 35.6 Å². The molecule has 0 aromatic rings. The maximum absolute atomic E-state index is 12.8. The highest BCUT2D eigenvalue weighted by Gasteiger charge is 2.60. The molecule has 0 heterocycles. The monoisotopic (exact) mass is 744 g/mol. The molecule has 0 spiro atoms. The van der Waals surface area contributed by atoms with E-state index in [1.54, 1.807) is 0 Å². The first-order valence-corrected chi connectivity index (χ1v) is 21.7. The van der Waals surface area contributed by atoms with Crippen LogP contribution in [0.2, 0.25) is 0 Å². The molecule has 6 heteroatoms. The zero-order valence-corrected chi connectivity index (χ0v) is 34.2. The zero-order valence-electron chi connectivity index (χ0n) is 34.2. The van der Waals surface area contributed by atoms with E-state index in [1.807, 2.05) is 0 Å². The van der Waals surface area contributed by atoms with E-state index in [9.17, 15) is 14.4 Å². The third-order valence-electron chi connectivity index (χ3n) is 14.1. The van der Waals surface area contributed by atoms with Crippen LogP contribution in [0.5, 0.6) is 0 Å². The zero-order chi connectivity index (χ0) is 38.8. The van der Waals surface area contributed by atoms with Gasteiger partial charge < -0.3 is 15.2 Å². The van der Waals surface area contributed by atoms with Gasteiger partial charge in [-0.2, -0.15) is 0 Å². The molecule has 6 nitrogen and oxygen atoms in total. The largest absolute Gasteiger partial charge is 0.480 e. The Hall–Kier alpha value is -3.15. The van der Waals surface area contributed by atoms with E-state index in [-0.39, 0.29) is 24.5 Å². The maximum atomic E-state index is 12.8. The van der Waals surface area contributed by atoms with Gasteiger partial charge in [-0.05, 0) is 155 Å². The van der Waals surface area contributed by atoms with E-state index < -0.39 is 5.97 Å². The molecule has 4 saturated carbocycles. The summed E-state index contributed by atoms with van der Waals surface area (Å²) in [5.41, 5.74) is 0.669. The lowest BCUT2D eigenvalue weighted by atomic mass is 9.44. The van der Waals surface area contributed by atoms with E-state index in [1.165, 1.54) is 44.9 Å². The van der Waals surface area contributed by atoms with Crippen LogP contribution in [-0.2, 0) is 19.1 Å². The molecule has 300 valence electrons. The molecular formula is C48H73NO5. The summed E-state index contributed by atoms with van der Waals surface area (Å²) < 4.78 is 6.09. The summed E-state index contributed by atoms with van der Waals surface area (Å²) >= 11 is 0. The molecule has 4 fully saturated rings. The highest BCUT2D eigenvalue weighted by atomic mass is 16.5. The number of esters is 1. The molecule has 4 aliphatic carbocycles. The second kappa shape index (κ2) is 22.4. The minimum absolute atomic E-state index is 0.0456. The fourth-order valence-electron chi connectivity index (χ4n) is 11.2. The van der Waals surface area contributed by atoms with Crippen LogP contribution in [0.4, 0.5) is 0 Å². The number of allylic oxidation sites excluding steroid dienone is 12. The fraction of sp³-hybridized carbons (Fsp3) is 0.688. The molecule has 4 aliphatic rings. The number of carbonyl (C=O) groups is 3. The van der Waals surface area contributed by atoms with Gasteiger partial charge in [0.05, 0.1) is 0 Å². The lowest BCUT2D eigenvalue weighted by molar-refractivity contribution is -0.162. The minimum Gasteiger partial charge on any atom is -0.480 e. The van der Waals surface area contributed by atoms with Crippen molar-refractivity contribution in [2.45, 2.75) is 156 Å². The van der Waals surface area contributed by atoms with Gasteiger partial charge in [-0.25, -0.2) is 0 Å². The average molecular weight is 744 g/mol. The molecule has 4 rings (SSSR count). The van der Waals surface area contributed by atoms with E-state index in [0.29, 0.717) is 41.4 Å². The Kier molecular flexibility index (Phi) is 18.1. The predicted octanol–water partition coefficient (Wildman–Crippen LogP) is 11.7. The summed E-state index contributed by atoms with van der Waals surface area (Å²) in [5.74, 6) is 2.83. The van der Waals surface area contributed by atoms with Gasteiger partial charge in [-0.1, -0.05) is 101 Å². The van der Waals surface area contributed by atoms with Crippen LogP contribution in [0.25, 0.3) is 0 Å². The lowest BCUT2D eigenvalue weighted by Crippen LogP contribution is -2.54. The second-order valence-corrected chi connectivity index (χ2v) is 17.4. The van der Waals surface area contributed by atoms with Crippen LogP contribution < -0.4 is 5.32 Å². The number of nitrogens with one attached hydrogen (secondary N) is 1. The first kappa shape index (κ1) is 43.6. The van der Waals surface area contributed by atoms with Crippen molar-refractivity contribution in [3.8, 4) is 0 Å². The molecule has 0 aromatic carbocycles. The number of ether oxygens (including phenoxy) is 1. The predicted molar refractivity (Wildman–Crippen MR) is 222 cm³/mol. The first-order valence-electron chi connectivity index (χ1n) is 21.7. The molecule has 0 aromatic heterocycles. The van der Waals surface area contributed by atoms with Crippen molar-refractivity contribution >= 4 is 17.8 Å². The van der Waals surface area contributed by atoms with Gasteiger partial charge >= 0.3 is 11.9 Å². The van der Waals surface area contributed by atoms with Gasteiger partial charge in [0.2, 0.25) is 5.91 Å². The SMILES string of the molecule is CC/C=C\C/C=C\C/C=C\C/C=C\C/C=C\C/C=C\CCC(=O)OC1CCC2(C)C(CCC3C2CCC2(C)C(C(C)CCC(=O)NCC(=O)O)CCC32)C1. The van der Waals surface area contributed by atoms with Gasteiger partial charge in [0.25, 0.3) is 0 Å². The van der Waals surface area contributed by atoms with Crippen molar-refractivity contribution in [1.29, 1.82) is 0 Å². The number of amides is 1. The summed E-state index contributed by atoms with van der Waals surface area (Å²) in [4.78, 5) is 35.9. The smallest absolute Gasteiger partial charge is 0.322 e. The number of hydrogen-bond donors (Lipinski definition) is 2. The summed E-state index contributed by atoms with van der Waals surface area (Å²) in [5, 5.41) is 11.4. The quantitative estimate of drug-likeness (QED) is 0.0902. The normalized spacial score (nSPS) is 31.8. The Morgan fingerprint density at radius 2 is 1.30 bits per heavy atom. The van der Waals surface area contributed by atoms with Gasteiger partial charge in [0.15, 0.2) is 0 Å². The van der Waals surface area contributed by atoms with Crippen LogP contribution in [0, 0.1) is 46.3 Å². The van der Waals surface area contributed by atoms with Crippen molar-refractivity contribution in [1.82, 2.24) is 5.32 Å². The molecule has 0 saturated heterocycles. The molecule has 0 bridgehead atoms. The first-order chi connectivity index (χ1) is 26.1.